The van der Waals surface area contributed by atoms with E-state index in [0.717, 1.165) is 32.4 Å². The molecule has 0 radical (unpaired) electrons. The van der Waals surface area contributed by atoms with Crippen LogP contribution < -0.4 is 0 Å². The van der Waals surface area contributed by atoms with Crippen LogP contribution in [-0.4, -0.2) is 22.5 Å². The average Bonchev–Trinajstić information content (AvgIpc) is 2.65. The highest BCUT2D eigenvalue weighted by molar-refractivity contribution is 5.70. The second kappa shape index (κ2) is 11.0. The second-order valence-electron chi connectivity index (χ2n) is 8.46. The third-order valence-electron chi connectivity index (χ3n) is 4.69. The van der Waals surface area contributed by atoms with Gasteiger partial charge in [-0.25, -0.2) is 0 Å². The molecule has 2 rings (SSSR count). The van der Waals surface area contributed by atoms with Gasteiger partial charge in [-0.3, -0.25) is 9.69 Å². The molecule has 2 aromatic rings. The first-order valence-electron chi connectivity index (χ1n) is 10.4. The predicted molar refractivity (Wildman–Crippen MR) is 116 cm³/mol. The van der Waals surface area contributed by atoms with Crippen LogP contribution in [0.4, 0.5) is 0 Å². The highest BCUT2D eigenvalue weighted by atomic mass is 16.6. The van der Waals surface area contributed by atoms with Crippen LogP contribution >= 0.6 is 0 Å². The summed E-state index contributed by atoms with van der Waals surface area (Å²) >= 11 is 0. The first-order chi connectivity index (χ1) is 13.4. The molecule has 0 aliphatic heterocycles. The van der Waals surface area contributed by atoms with Crippen molar-refractivity contribution >= 4 is 5.97 Å². The van der Waals surface area contributed by atoms with Gasteiger partial charge in [0, 0.05) is 19.1 Å². The number of benzene rings is 2. The van der Waals surface area contributed by atoms with Gasteiger partial charge in [0.2, 0.25) is 0 Å². The van der Waals surface area contributed by atoms with E-state index in [2.05, 4.69) is 60.4 Å². The molecule has 28 heavy (non-hydrogen) atoms. The van der Waals surface area contributed by atoms with Gasteiger partial charge in [-0.05, 0) is 38.3 Å². The number of rotatable bonds is 10. The van der Waals surface area contributed by atoms with Crippen LogP contribution in [0.1, 0.15) is 64.5 Å². The molecule has 0 saturated heterocycles. The topological polar surface area (TPSA) is 29.5 Å². The zero-order valence-corrected chi connectivity index (χ0v) is 17.9. The molecule has 1 unspecified atom stereocenters. The minimum atomic E-state index is -0.448. The molecule has 0 aliphatic carbocycles. The number of hydrogen-bond acceptors (Lipinski definition) is 3. The fourth-order valence-corrected chi connectivity index (χ4v) is 3.38. The van der Waals surface area contributed by atoms with Gasteiger partial charge >= 0.3 is 5.97 Å². The monoisotopic (exact) mass is 381 g/mol. The Labute approximate surface area is 170 Å². The maximum atomic E-state index is 12.6. The van der Waals surface area contributed by atoms with Crippen molar-refractivity contribution in [3.8, 4) is 0 Å². The Morgan fingerprint density at radius 2 is 1.43 bits per heavy atom. The van der Waals surface area contributed by atoms with Crippen molar-refractivity contribution < 1.29 is 9.53 Å². The van der Waals surface area contributed by atoms with E-state index in [0.29, 0.717) is 6.42 Å². The number of unbranched alkanes of at least 4 members (excludes halogenated alkanes) is 1. The molecular formula is C25H35NO2. The van der Waals surface area contributed by atoms with Gasteiger partial charge in [-0.1, -0.05) is 80.4 Å². The lowest BCUT2D eigenvalue weighted by Crippen LogP contribution is -2.37. The third kappa shape index (κ3) is 8.26. The summed E-state index contributed by atoms with van der Waals surface area (Å²) in [5.41, 5.74) is 2.09. The van der Waals surface area contributed by atoms with Crippen LogP contribution in [0.15, 0.2) is 60.7 Å². The van der Waals surface area contributed by atoms with E-state index in [1.807, 2.05) is 32.9 Å². The van der Waals surface area contributed by atoms with Crippen molar-refractivity contribution in [3.05, 3.63) is 71.8 Å². The number of ether oxygens (including phenoxy) is 1. The highest BCUT2D eigenvalue weighted by Crippen LogP contribution is 2.21. The summed E-state index contributed by atoms with van der Waals surface area (Å²) in [7, 11) is 0. The minimum absolute atomic E-state index is 0.111. The Balaban J connectivity index is 2.21. The van der Waals surface area contributed by atoms with E-state index < -0.39 is 5.60 Å². The van der Waals surface area contributed by atoms with E-state index in [9.17, 15) is 4.79 Å². The van der Waals surface area contributed by atoms with E-state index in [-0.39, 0.29) is 12.0 Å². The molecule has 3 heteroatoms. The zero-order valence-electron chi connectivity index (χ0n) is 17.9. The summed E-state index contributed by atoms with van der Waals surface area (Å²) in [5, 5.41) is 0. The fourth-order valence-electron chi connectivity index (χ4n) is 3.38. The molecular weight excluding hydrogens is 346 g/mol. The predicted octanol–water partition coefficient (Wildman–Crippen LogP) is 5.98. The van der Waals surface area contributed by atoms with Crippen LogP contribution in [0.5, 0.6) is 0 Å². The van der Waals surface area contributed by atoms with Gasteiger partial charge in [0.15, 0.2) is 0 Å². The standard InChI is InChI=1S/C25H35NO2/c1-5-6-17-23(18-24(27)28-25(2,3)4)26(19-21-13-9-7-10-14-21)20-22-15-11-8-12-16-22/h7-16,23H,5-6,17-20H2,1-4H3. The SMILES string of the molecule is CCCCC(CC(=O)OC(C)(C)C)N(Cc1ccccc1)Cc1ccccc1. The number of carbonyl (C=O) groups is 1. The second-order valence-corrected chi connectivity index (χ2v) is 8.46. The van der Waals surface area contributed by atoms with Gasteiger partial charge in [-0.15, -0.1) is 0 Å². The molecule has 0 fully saturated rings. The van der Waals surface area contributed by atoms with Crippen molar-refractivity contribution in [1.82, 2.24) is 4.90 Å². The van der Waals surface area contributed by atoms with Gasteiger partial charge in [-0.2, -0.15) is 0 Å². The summed E-state index contributed by atoms with van der Waals surface area (Å²) in [6.07, 6.45) is 3.65. The first kappa shape index (κ1) is 22.2. The quantitative estimate of drug-likeness (QED) is 0.474. The van der Waals surface area contributed by atoms with E-state index in [1.165, 1.54) is 11.1 Å². The molecule has 3 nitrogen and oxygen atoms in total. The Morgan fingerprint density at radius 1 is 0.929 bits per heavy atom. The van der Waals surface area contributed by atoms with Crippen LogP contribution in [0.2, 0.25) is 0 Å². The molecule has 0 N–H and O–H groups in total. The molecule has 1 atom stereocenters. The average molecular weight is 382 g/mol. The van der Waals surface area contributed by atoms with E-state index >= 15 is 0 Å². The smallest absolute Gasteiger partial charge is 0.307 e. The first-order valence-corrected chi connectivity index (χ1v) is 10.4. The molecule has 0 aromatic heterocycles. The van der Waals surface area contributed by atoms with Crippen LogP contribution in [0, 0.1) is 0 Å². The molecule has 2 aromatic carbocycles. The lowest BCUT2D eigenvalue weighted by molar-refractivity contribution is -0.156. The Kier molecular flexibility index (Phi) is 8.72. The summed E-state index contributed by atoms with van der Waals surface area (Å²) in [4.78, 5) is 15.0. The minimum Gasteiger partial charge on any atom is -0.460 e. The summed E-state index contributed by atoms with van der Waals surface area (Å²) in [6, 6.07) is 21.2. The van der Waals surface area contributed by atoms with Crippen molar-refractivity contribution in [2.45, 2.75) is 78.1 Å². The summed E-state index contributed by atoms with van der Waals surface area (Å²) < 4.78 is 5.63. The third-order valence-corrected chi connectivity index (χ3v) is 4.69. The Morgan fingerprint density at radius 3 is 1.86 bits per heavy atom. The van der Waals surface area contributed by atoms with E-state index in [4.69, 9.17) is 4.74 Å². The molecule has 0 saturated carbocycles. The van der Waals surface area contributed by atoms with Crippen molar-refractivity contribution in [2.75, 3.05) is 0 Å². The zero-order chi connectivity index (χ0) is 20.4. The lowest BCUT2D eigenvalue weighted by Gasteiger charge is -2.32. The van der Waals surface area contributed by atoms with Crippen LogP contribution in [0.25, 0.3) is 0 Å². The molecule has 0 spiro atoms. The Hall–Kier alpha value is -2.13. The number of carbonyl (C=O) groups excluding carboxylic acids is 1. The maximum Gasteiger partial charge on any atom is 0.307 e. The summed E-state index contributed by atoms with van der Waals surface area (Å²) in [6.45, 7) is 9.63. The molecule has 152 valence electrons. The maximum absolute atomic E-state index is 12.6. The van der Waals surface area contributed by atoms with Gasteiger partial charge in [0.1, 0.15) is 5.60 Å². The van der Waals surface area contributed by atoms with E-state index in [1.54, 1.807) is 0 Å². The fraction of sp³-hybridized carbons (Fsp3) is 0.480. The number of nitrogens with zero attached hydrogens (tertiary/aromatic N) is 1. The summed E-state index contributed by atoms with van der Waals surface area (Å²) in [5.74, 6) is -0.111. The van der Waals surface area contributed by atoms with Gasteiger partial charge in [0.05, 0.1) is 6.42 Å². The molecule has 0 aliphatic rings. The number of esters is 1. The van der Waals surface area contributed by atoms with Crippen LogP contribution in [-0.2, 0) is 22.6 Å². The normalized spacial score (nSPS) is 12.8. The lowest BCUT2D eigenvalue weighted by atomic mass is 10.0. The highest BCUT2D eigenvalue weighted by Gasteiger charge is 2.25. The van der Waals surface area contributed by atoms with Crippen molar-refractivity contribution in [3.63, 3.8) is 0 Å². The van der Waals surface area contributed by atoms with Crippen molar-refractivity contribution in [2.24, 2.45) is 0 Å². The van der Waals surface area contributed by atoms with Crippen molar-refractivity contribution in [1.29, 1.82) is 0 Å². The van der Waals surface area contributed by atoms with Crippen LogP contribution in [0.3, 0.4) is 0 Å². The van der Waals surface area contributed by atoms with Gasteiger partial charge in [0.25, 0.3) is 0 Å². The molecule has 0 heterocycles. The largest absolute Gasteiger partial charge is 0.460 e. The Bertz CT molecular complexity index is 650. The number of hydrogen-bond donors (Lipinski definition) is 0. The molecule has 0 amide bonds. The molecule has 0 bridgehead atoms. The van der Waals surface area contributed by atoms with Gasteiger partial charge < -0.3 is 4.74 Å².